The molecule has 0 saturated carbocycles. The van der Waals surface area contributed by atoms with E-state index in [0.29, 0.717) is 17.5 Å². The maximum absolute atomic E-state index is 5.02. The molecule has 2 heterocycles. The molecule has 0 aliphatic heterocycles. The van der Waals surface area contributed by atoms with Crippen LogP contribution in [0.15, 0.2) is 146 Å². The van der Waals surface area contributed by atoms with E-state index in [4.69, 9.17) is 15.0 Å². The molecular weight excluding hydrogens is 555 g/mol. The van der Waals surface area contributed by atoms with Gasteiger partial charge in [-0.15, -0.1) is 11.3 Å². The van der Waals surface area contributed by atoms with Crippen molar-refractivity contribution in [2.45, 2.75) is 6.92 Å². The minimum atomic E-state index is 0.660. The molecule has 0 radical (unpaired) electrons. The summed E-state index contributed by atoms with van der Waals surface area (Å²) in [6.45, 7) is 2.12. The fourth-order valence-electron chi connectivity index (χ4n) is 5.81. The van der Waals surface area contributed by atoms with Crippen LogP contribution in [-0.4, -0.2) is 15.0 Å². The number of aromatic nitrogens is 3. The second-order valence-electron chi connectivity index (χ2n) is 11.0. The third-order valence-electron chi connectivity index (χ3n) is 8.00. The summed E-state index contributed by atoms with van der Waals surface area (Å²) in [4.78, 5) is 14.9. The van der Waals surface area contributed by atoms with Crippen molar-refractivity contribution in [1.29, 1.82) is 0 Å². The average Bonchev–Trinajstić information content (AvgIpc) is 3.47. The number of thiophene rings is 1. The highest BCUT2D eigenvalue weighted by Gasteiger charge is 2.15. The first-order valence-electron chi connectivity index (χ1n) is 14.7. The Morgan fingerprint density at radius 3 is 1.68 bits per heavy atom. The van der Waals surface area contributed by atoms with Crippen LogP contribution < -0.4 is 0 Å². The van der Waals surface area contributed by atoms with E-state index in [9.17, 15) is 0 Å². The van der Waals surface area contributed by atoms with Gasteiger partial charge in [-0.2, -0.15) is 0 Å². The van der Waals surface area contributed by atoms with Crippen molar-refractivity contribution in [1.82, 2.24) is 15.0 Å². The van der Waals surface area contributed by atoms with Gasteiger partial charge >= 0.3 is 0 Å². The molecule has 8 aromatic rings. The highest BCUT2D eigenvalue weighted by molar-refractivity contribution is 7.26. The molecule has 0 N–H and O–H groups in total. The molecular formula is C40H27N3S. The van der Waals surface area contributed by atoms with E-state index in [1.54, 1.807) is 0 Å². The molecule has 4 heteroatoms. The van der Waals surface area contributed by atoms with Gasteiger partial charge < -0.3 is 0 Å². The Bertz CT molecular complexity index is 2270. The molecule has 0 aliphatic rings. The first-order valence-corrected chi connectivity index (χ1v) is 15.5. The molecule has 0 fully saturated rings. The van der Waals surface area contributed by atoms with Crippen LogP contribution in [0.1, 0.15) is 5.56 Å². The molecule has 0 spiro atoms. The number of hydrogen-bond donors (Lipinski definition) is 0. The van der Waals surface area contributed by atoms with Crippen molar-refractivity contribution >= 4 is 31.5 Å². The number of aryl methyl sites for hydroxylation is 1. The maximum atomic E-state index is 5.02. The van der Waals surface area contributed by atoms with Gasteiger partial charge in [-0.1, -0.05) is 139 Å². The quantitative estimate of drug-likeness (QED) is 0.203. The van der Waals surface area contributed by atoms with Crippen LogP contribution in [0.2, 0.25) is 0 Å². The average molecular weight is 582 g/mol. The van der Waals surface area contributed by atoms with Crippen LogP contribution >= 0.6 is 11.3 Å². The van der Waals surface area contributed by atoms with Crippen molar-refractivity contribution in [2.24, 2.45) is 0 Å². The minimum absolute atomic E-state index is 0.660. The van der Waals surface area contributed by atoms with Gasteiger partial charge in [0.25, 0.3) is 0 Å². The molecule has 0 atom stereocenters. The number of rotatable bonds is 5. The van der Waals surface area contributed by atoms with Gasteiger partial charge in [0.05, 0.1) is 0 Å². The van der Waals surface area contributed by atoms with E-state index in [2.05, 4.69) is 122 Å². The molecule has 3 nitrogen and oxygen atoms in total. The van der Waals surface area contributed by atoms with Crippen molar-refractivity contribution in [3.63, 3.8) is 0 Å². The lowest BCUT2D eigenvalue weighted by atomic mass is 9.99. The highest BCUT2D eigenvalue weighted by Crippen LogP contribution is 2.41. The molecule has 0 bridgehead atoms. The number of hydrogen-bond acceptors (Lipinski definition) is 4. The van der Waals surface area contributed by atoms with Crippen molar-refractivity contribution in [3.8, 4) is 56.4 Å². The number of benzene rings is 6. The van der Waals surface area contributed by atoms with Crippen LogP contribution in [0.25, 0.3) is 76.6 Å². The first kappa shape index (κ1) is 26.2. The van der Waals surface area contributed by atoms with Crippen LogP contribution in [0, 0.1) is 6.92 Å². The number of fused-ring (bicyclic) bond motifs is 3. The molecule has 8 rings (SSSR count). The molecule has 2 aromatic heterocycles. The standard InChI is InChI=1S/C40H27N3S/c1-26-10-8-15-31(24-26)27-18-20-30(21-19-27)39-41-38(29-13-6-3-7-14-29)42-40(43-39)32-22-23-34-36(25-32)44-35-17-9-16-33(37(34)35)28-11-4-2-5-12-28/h2-25H,1H3. The Labute approximate surface area is 260 Å². The Hall–Kier alpha value is -5.45. The van der Waals surface area contributed by atoms with E-state index in [-0.39, 0.29) is 0 Å². The first-order chi connectivity index (χ1) is 21.7. The van der Waals surface area contributed by atoms with E-state index >= 15 is 0 Å². The molecule has 6 aromatic carbocycles. The Kier molecular flexibility index (Phi) is 6.55. The van der Waals surface area contributed by atoms with Gasteiger partial charge in [-0.25, -0.2) is 15.0 Å². The lowest BCUT2D eigenvalue weighted by molar-refractivity contribution is 1.07. The van der Waals surface area contributed by atoms with Gasteiger partial charge in [0.1, 0.15) is 0 Å². The van der Waals surface area contributed by atoms with Crippen LogP contribution in [0.3, 0.4) is 0 Å². The topological polar surface area (TPSA) is 38.7 Å². The van der Waals surface area contributed by atoms with Crippen LogP contribution in [-0.2, 0) is 0 Å². The second-order valence-corrected chi connectivity index (χ2v) is 12.1. The van der Waals surface area contributed by atoms with E-state index in [1.807, 2.05) is 41.7 Å². The van der Waals surface area contributed by atoms with Gasteiger partial charge in [-0.05, 0) is 41.3 Å². The Balaban J connectivity index is 1.25. The fourth-order valence-corrected chi connectivity index (χ4v) is 6.98. The molecule has 0 unspecified atom stereocenters. The zero-order chi connectivity index (χ0) is 29.5. The zero-order valence-corrected chi connectivity index (χ0v) is 24.9. The third kappa shape index (κ3) is 4.85. The molecule has 0 aliphatic carbocycles. The Morgan fingerprint density at radius 2 is 0.977 bits per heavy atom. The minimum Gasteiger partial charge on any atom is -0.208 e. The van der Waals surface area contributed by atoms with Crippen molar-refractivity contribution < 1.29 is 0 Å². The fraction of sp³-hybridized carbons (Fsp3) is 0.0250. The maximum Gasteiger partial charge on any atom is 0.164 e. The smallest absolute Gasteiger partial charge is 0.164 e. The lowest BCUT2D eigenvalue weighted by Gasteiger charge is -2.09. The summed E-state index contributed by atoms with van der Waals surface area (Å²) in [5.41, 5.74) is 8.98. The third-order valence-corrected chi connectivity index (χ3v) is 9.12. The summed E-state index contributed by atoms with van der Waals surface area (Å²) >= 11 is 1.81. The molecule has 0 amide bonds. The predicted molar refractivity (Wildman–Crippen MR) is 185 cm³/mol. The highest BCUT2D eigenvalue weighted by atomic mass is 32.1. The lowest BCUT2D eigenvalue weighted by Crippen LogP contribution is -2.00. The number of nitrogens with zero attached hydrogens (tertiary/aromatic N) is 3. The largest absolute Gasteiger partial charge is 0.208 e. The summed E-state index contributed by atoms with van der Waals surface area (Å²) in [5.74, 6) is 1.99. The second kappa shape index (κ2) is 11.0. The zero-order valence-electron chi connectivity index (χ0n) is 24.1. The molecule has 44 heavy (non-hydrogen) atoms. The summed E-state index contributed by atoms with van der Waals surface area (Å²) in [5, 5.41) is 2.54. The summed E-state index contributed by atoms with van der Waals surface area (Å²) in [7, 11) is 0. The monoisotopic (exact) mass is 581 g/mol. The Morgan fingerprint density at radius 1 is 0.409 bits per heavy atom. The van der Waals surface area contributed by atoms with E-state index in [0.717, 1.165) is 16.7 Å². The van der Waals surface area contributed by atoms with Crippen LogP contribution in [0.5, 0.6) is 0 Å². The van der Waals surface area contributed by atoms with Gasteiger partial charge in [-0.3, -0.25) is 0 Å². The van der Waals surface area contributed by atoms with Gasteiger partial charge in [0.15, 0.2) is 17.5 Å². The predicted octanol–water partition coefficient (Wildman–Crippen LogP) is 10.9. The summed E-state index contributed by atoms with van der Waals surface area (Å²) in [6.07, 6.45) is 0. The summed E-state index contributed by atoms with van der Waals surface area (Å²) in [6, 6.07) is 51.0. The van der Waals surface area contributed by atoms with Crippen molar-refractivity contribution in [2.75, 3.05) is 0 Å². The van der Waals surface area contributed by atoms with E-state index < -0.39 is 0 Å². The summed E-state index contributed by atoms with van der Waals surface area (Å²) < 4.78 is 2.49. The molecule has 0 saturated heterocycles. The van der Waals surface area contributed by atoms with Crippen molar-refractivity contribution in [3.05, 3.63) is 151 Å². The van der Waals surface area contributed by atoms with Gasteiger partial charge in [0, 0.05) is 36.9 Å². The molecule has 208 valence electrons. The van der Waals surface area contributed by atoms with Crippen LogP contribution in [0.4, 0.5) is 0 Å². The van der Waals surface area contributed by atoms with E-state index in [1.165, 1.54) is 48.0 Å². The SMILES string of the molecule is Cc1cccc(-c2ccc(-c3nc(-c4ccccc4)nc(-c4ccc5c(c4)sc4cccc(-c6ccccc6)c45)n3)cc2)c1. The normalized spacial score (nSPS) is 11.3. The van der Waals surface area contributed by atoms with Gasteiger partial charge in [0.2, 0.25) is 0 Å².